The van der Waals surface area contributed by atoms with Gasteiger partial charge in [0, 0.05) is 11.6 Å². The summed E-state index contributed by atoms with van der Waals surface area (Å²) < 4.78 is 5.33. The Morgan fingerprint density at radius 2 is 1.71 bits per heavy atom. The number of fused-ring (bicyclic) bond motifs is 1. The number of hydrogen-bond acceptors (Lipinski definition) is 4. The fourth-order valence-electron chi connectivity index (χ4n) is 3.04. The van der Waals surface area contributed by atoms with Crippen LogP contribution in [0.3, 0.4) is 0 Å². The SMILES string of the molecule is CC(C)(C)N(C(=O)OCCN1C(=O)c2ccccc2C1=O)C1CC1. The molecule has 1 aromatic rings. The number of carbonyl (C=O) groups is 3. The van der Waals surface area contributed by atoms with Crippen LogP contribution in [0.15, 0.2) is 24.3 Å². The zero-order chi connectivity index (χ0) is 17.5. The van der Waals surface area contributed by atoms with Gasteiger partial charge in [0.05, 0.1) is 17.7 Å². The number of amides is 3. The summed E-state index contributed by atoms with van der Waals surface area (Å²) in [6.07, 6.45) is 1.59. The Balaban J connectivity index is 1.58. The molecule has 0 atom stereocenters. The molecule has 128 valence electrons. The molecule has 0 N–H and O–H groups in total. The zero-order valence-corrected chi connectivity index (χ0v) is 14.2. The second kappa shape index (κ2) is 5.92. The minimum Gasteiger partial charge on any atom is -0.447 e. The average molecular weight is 330 g/mol. The highest BCUT2D eigenvalue weighted by Crippen LogP contribution is 2.33. The van der Waals surface area contributed by atoms with E-state index in [2.05, 4.69) is 0 Å². The van der Waals surface area contributed by atoms with Gasteiger partial charge in [0.25, 0.3) is 11.8 Å². The van der Waals surface area contributed by atoms with E-state index in [0.29, 0.717) is 11.1 Å². The van der Waals surface area contributed by atoms with Crippen molar-refractivity contribution in [1.29, 1.82) is 0 Å². The van der Waals surface area contributed by atoms with E-state index in [-0.39, 0.29) is 42.6 Å². The summed E-state index contributed by atoms with van der Waals surface area (Å²) in [5.41, 5.74) is 0.500. The Kier molecular flexibility index (Phi) is 4.07. The van der Waals surface area contributed by atoms with Crippen molar-refractivity contribution in [2.24, 2.45) is 0 Å². The third-order valence-corrected chi connectivity index (χ3v) is 4.25. The van der Waals surface area contributed by atoms with E-state index in [1.165, 1.54) is 0 Å². The summed E-state index contributed by atoms with van der Waals surface area (Å²) in [5, 5.41) is 0. The van der Waals surface area contributed by atoms with Crippen LogP contribution >= 0.6 is 0 Å². The molecule has 0 bridgehead atoms. The quantitative estimate of drug-likeness (QED) is 0.796. The Bertz CT molecular complexity index is 654. The zero-order valence-electron chi connectivity index (χ0n) is 14.2. The van der Waals surface area contributed by atoms with Gasteiger partial charge in [-0.1, -0.05) is 12.1 Å². The molecule has 0 radical (unpaired) electrons. The lowest BCUT2D eigenvalue weighted by Crippen LogP contribution is -2.48. The topological polar surface area (TPSA) is 66.9 Å². The van der Waals surface area contributed by atoms with Gasteiger partial charge in [0.2, 0.25) is 0 Å². The van der Waals surface area contributed by atoms with E-state index in [1.807, 2.05) is 20.8 Å². The summed E-state index contributed by atoms with van der Waals surface area (Å²) in [6.45, 7) is 5.98. The summed E-state index contributed by atoms with van der Waals surface area (Å²) in [4.78, 5) is 39.7. The fraction of sp³-hybridized carbons (Fsp3) is 0.500. The summed E-state index contributed by atoms with van der Waals surface area (Å²) in [6, 6.07) is 6.96. The van der Waals surface area contributed by atoms with Gasteiger partial charge in [-0.25, -0.2) is 4.79 Å². The first-order valence-corrected chi connectivity index (χ1v) is 8.22. The highest BCUT2D eigenvalue weighted by molar-refractivity contribution is 6.21. The van der Waals surface area contributed by atoms with E-state index in [9.17, 15) is 14.4 Å². The Hall–Kier alpha value is -2.37. The number of ether oxygens (including phenoxy) is 1. The Labute approximate surface area is 141 Å². The maximum Gasteiger partial charge on any atom is 0.410 e. The molecule has 1 heterocycles. The average Bonchev–Trinajstić information content (AvgIpc) is 3.30. The van der Waals surface area contributed by atoms with E-state index in [4.69, 9.17) is 4.74 Å². The van der Waals surface area contributed by atoms with E-state index >= 15 is 0 Å². The van der Waals surface area contributed by atoms with Crippen LogP contribution in [0.25, 0.3) is 0 Å². The standard InChI is InChI=1S/C18H22N2O4/c1-18(2,3)20(12-8-9-12)17(23)24-11-10-19-15(21)13-6-4-5-7-14(13)16(19)22/h4-7,12H,8-11H2,1-3H3. The van der Waals surface area contributed by atoms with E-state index < -0.39 is 0 Å². The summed E-state index contributed by atoms with van der Waals surface area (Å²) in [5.74, 6) is -0.664. The van der Waals surface area contributed by atoms with Gasteiger partial charge in [0.15, 0.2) is 0 Å². The molecule has 0 aromatic heterocycles. The Morgan fingerprint density at radius 1 is 1.17 bits per heavy atom. The van der Waals surface area contributed by atoms with Crippen molar-refractivity contribution in [2.45, 2.75) is 45.2 Å². The van der Waals surface area contributed by atoms with Crippen LogP contribution in [0.2, 0.25) is 0 Å². The molecular formula is C18H22N2O4. The summed E-state index contributed by atoms with van der Waals surface area (Å²) in [7, 11) is 0. The molecule has 3 amide bonds. The first-order chi connectivity index (χ1) is 11.3. The maximum absolute atomic E-state index is 12.3. The first-order valence-electron chi connectivity index (χ1n) is 8.22. The molecule has 1 saturated carbocycles. The number of carbonyl (C=O) groups excluding carboxylic acids is 3. The van der Waals surface area contributed by atoms with Crippen LogP contribution in [0, 0.1) is 0 Å². The van der Waals surface area contributed by atoms with Crippen molar-refractivity contribution >= 4 is 17.9 Å². The minimum atomic E-state index is -0.387. The van der Waals surface area contributed by atoms with Crippen molar-refractivity contribution in [3.8, 4) is 0 Å². The van der Waals surface area contributed by atoms with Crippen LogP contribution in [-0.4, -0.2) is 52.4 Å². The van der Waals surface area contributed by atoms with Crippen molar-refractivity contribution in [3.05, 3.63) is 35.4 Å². The van der Waals surface area contributed by atoms with Crippen molar-refractivity contribution in [2.75, 3.05) is 13.2 Å². The van der Waals surface area contributed by atoms with Gasteiger partial charge in [-0.3, -0.25) is 14.5 Å². The molecule has 6 nitrogen and oxygen atoms in total. The normalized spacial score (nSPS) is 17.0. The summed E-state index contributed by atoms with van der Waals surface area (Å²) >= 11 is 0. The van der Waals surface area contributed by atoms with Gasteiger partial charge < -0.3 is 9.64 Å². The van der Waals surface area contributed by atoms with Gasteiger partial charge in [-0.15, -0.1) is 0 Å². The largest absolute Gasteiger partial charge is 0.447 e. The van der Waals surface area contributed by atoms with Crippen LogP contribution in [0.1, 0.15) is 54.3 Å². The van der Waals surface area contributed by atoms with Crippen LogP contribution in [0.5, 0.6) is 0 Å². The number of imide groups is 1. The first kappa shape index (κ1) is 16.5. The second-order valence-electron chi connectivity index (χ2n) is 7.19. The second-order valence-corrected chi connectivity index (χ2v) is 7.19. The van der Waals surface area contributed by atoms with Crippen LogP contribution in [0.4, 0.5) is 4.79 Å². The lowest BCUT2D eigenvalue weighted by molar-refractivity contribution is 0.0473. The fourth-order valence-corrected chi connectivity index (χ4v) is 3.04. The van der Waals surface area contributed by atoms with Gasteiger partial charge in [-0.2, -0.15) is 0 Å². The lowest BCUT2D eigenvalue weighted by Gasteiger charge is -2.35. The van der Waals surface area contributed by atoms with Crippen molar-refractivity contribution < 1.29 is 19.1 Å². The molecule has 0 unspecified atom stereocenters. The van der Waals surface area contributed by atoms with Gasteiger partial charge in [-0.05, 0) is 45.7 Å². The molecule has 1 aromatic carbocycles. The van der Waals surface area contributed by atoms with Crippen molar-refractivity contribution in [3.63, 3.8) is 0 Å². The monoisotopic (exact) mass is 330 g/mol. The number of nitrogens with zero attached hydrogens (tertiary/aromatic N) is 2. The van der Waals surface area contributed by atoms with E-state index in [0.717, 1.165) is 17.7 Å². The molecule has 0 spiro atoms. The molecule has 2 aliphatic rings. The third-order valence-electron chi connectivity index (χ3n) is 4.25. The molecule has 6 heteroatoms. The number of rotatable bonds is 4. The predicted octanol–water partition coefficient (Wildman–Crippen LogP) is 2.68. The van der Waals surface area contributed by atoms with Crippen molar-refractivity contribution in [1.82, 2.24) is 9.80 Å². The Morgan fingerprint density at radius 3 is 2.17 bits per heavy atom. The lowest BCUT2D eigenvalue weighted by atomic mass is 10.1. The highest BCUT2D eigenvalue weighted by atomic mass is 16.6. The highest BCUT2D eigenvalue weighted by Gasteiger charge is 2.40. The molecule has 1 aliphatic heterocycles. The van der Waals surface area contributed by atoms with Gasteiger partial charge in [0.1, 0.15) is 6.61 Å². The molecule has 3 rings (SSSR count). The van der Waals surface area contributed by atoms with Crippen LogP contribution in [-0.2, 0) is 4.74 Å². The minimum absolute atomic E-state index is 0.00357. The van der Waals surface area contributed by atoms with Gasteiger partial charge >= 0.3 is 6.09 Å². The molecule has 0 saturated heterocycles. The molecule has 24 heavy (non-hydrogen) atoms. The third kappa shape index (κ3) is 3.00. The smallest absolute Gasteiger partial charge is 0.410 e. The number of benzene rings is 1. The molecule has 1 fully saturated rings. The van der Waals surface area contributed by atoms with E-state index in [1.54, 1.807) is 29.2 Å². The van der Waals surface area contributed by atoms with Crippen LogP contribution < -0.4 is 0 Å². The molecule has 1 aliphatic carbocycles. The molecular weight excluding hydrogens is 308 g/mol. The predicted molar refractivity (Wildman–Crippen MR) is 87.8 cm³/mol. The maximum atomic E-state index is 12.3. The number of hydrogen-bond donors (Lipinski definition) is 0.